The molecule has 0 saturated carbocycles. The lowest BCUT2D eigenvalue weighted by Crippen LogP contribution is -2.51. The number of piperazine rings is 1. The maximum Gasteiger partial charge on any atom is 0.227 e. The maximum absolute atomic E-state index is 12.6. The summed E-state index contributed by atoms with van der Waals surface area (Å²) in [7, 11) is 0. The van der Waals surface area contributed by atoms with Gasteiger partial charge in [0.1, 0.15) is 0 Å². The van der Waals surface area contributed by atoms with E-state index in [1.165, 1.54) is 0 Å². The number of carbonyl (C=O) groups is 1. The van der Waals surface area contributed by atoms with E-state index < -0.39 is 0 Å². The highest BCUT2D eigenvalue weighted by molar-refractivity contribution is 6.30. The first-order valence-corrected chi connectivity index (χ1v) is 8.05. The number of carbonyl (C=O) groups excluding carboxylic acids is 1. The Bertz CT molecular complexity index is 514. The smallest absolute Gasteiger partial charge is 0.227 e. The van der Waals surface area contributed by atoms with Gasteiger partial charge in [0, 0.05) is 42.9 Å². The zero-order chi connectivity index (χ0) is 14.8. The zero-order valence-electron chi connectivity index (χ0n) is 12.4. The van der Waals surface area contributed by atoms with E-state index in [0.717, 1.165) is 49.9 Å². The van der Waals surface area contributed by atoms with Crippen LogP contribution in [0.2, 0.25) is 5.02 Å². The summed E-state index contributed by atoms with van der Waals surface area (Å²) in [6.07, 6.45) is 0.967. The number of halogens is 1. The predicted molar refractivity (Wildman–Crippen MR) is 85.8 cm³/mol. The topological polar surface area (TPSA) is 35.6 Å². The molecule has 21 heavy (non-hydrogen) atoms. The summed E-state index contributed by atoms with van der Waals surface area (Å²) in [5.74, 6) is 0.473. The number of hydrogen-bond acceptors (Lipinski definition) is 3. The molecule has 114 valence electrons. The molecule has 0 radical (unpaired) electrons. The van der Waals surface area contributed by atoms with Crippen molar-refractivity contribution in [3.63, 3.8) is 0 Å². The molecule has 0 bridgehead atoms. The van der Waals surface area contributed by atoms with Gasteiger partial charge < -0.3 is 15.1 Å². The predicted octanol–water partition coefficient (Wildman–Crippen LogP) is 1.99. The van der Waals surface area contributed by atoms with Crippen molar-refractivity contribution in [2.24, 2.45) is 5.92 Å². The molecule has 2 atom stereocenters. The van der Waals surface area contributed by atoms with Crippen LogP contribution in [0.4, 0.5) is 5.69 Å². The molecule has 2 fully saturated rings. The monoisotopic (exact) mass is 307 g/mol. The third-order valence-corrected chi connectivity index (χ3v) is 4.84. The molecule has 0 aliphatic carbocycles. The Morgan fingerprint density at radius 3 is 2.67 bits per heavy atom. The zero-order valence-corrected chi connectivity index (χ0v) is 13.1. The van der Waals surface area contributed by atoms with E-state index in [2.05, 4.69) is 23.2 Å². The first kappa shape index (κ1) is 14.7. The molecule has 0 aromatic heterocycles. The molecule has 2 unspecified atom stereocenters. The van der Waals surface area contributed by atoms with Gasteiger partial charge in [-0.25, -0.2) is 0 Å². The number of anilines is 1. The number of nitrogens with one attached hydrogen (secondary N) is 1. The molecule has 1 aromatic rings. The largest absolute Gasteiger partial charge is 0.368 e. The van der Waals surface area contributed by atoms with Crippen LogP contribution >= 0.6 is 11.6 Å². The van der Waals surface area contributed by atoms with Crippen molar-refractivity contribution >= 4 is 23.2 Å². The van der Waals surface area contributed by atoms with Crippen molar-refractivity contribution < 1.29 is 4.79 Å². The first-order valence-electron chi connectivity index (χ1n) is 7.68. The second-order valence-corrected chi connectivity index (χ2v) is 6.37. The summed E-state index contributed by atoms with van der Waals surface area (Å²) in [6, 6.07) is 8.23. The van der Waals surface area contributed by atoms with Gasteiger partial charge in [0.05, 0.1) is 5.92 Å². The summed E-state index contributed by atoms with van der Waals surface area (Å²) in [6.45, 7) is 6.42. The van der Waals surface area contributed by atoms with Crippen LogP contribution in [0.25, 0.3) is 0 Å². The Morgan fingerprint density at radius 2 is 2.05 bits per heavy atom. The average Bonchev–Trinajstić information content (AvgIpc) is 2.93. The molecule has 1 aromatic carbocycles. The Hall–Kier alpha value is -1.26. The normalized spacial score (nSPS) is 26.2. The fourth-order valence-electron chi connectivity index (χ4n) is 3.29. The van der Waals surface area contributed by atoms with Crippen LogP contribution in [0.5, 0.6) is 0 Å². The summed E-state index contributed by atoms with van der Waals surface area (Å²) >= 11 is 6.05. The summed E-state index contributed by atoms with van der Waals surface area (Å²) in [5.41, 5.74) is 1.14. The lowest BCUT2D eigenvalue weighted by molar-refractivity contribution is -0.136. The average molecular weight is 308 g/mol. The fraction of sp³-hybridized carbons (Fsp3) is 0.562. The van der Waals surface area contributed by atoms with E-state index >= 15 is 0 Å². The Morgan fingerprint density at radius 1 is 1.29 bits per heavy atom. The summed E-state index contributed by atoms with van der Waals surface area (Å²) in [5, 5.41) is 4.12. The van der Waals surface area contributed by atoms with Crippen LogP contribution in [0, 0.1) is 5.92 Å². The van der Waals surface area contributed by atoms with Crippen molar-refractivity contribution in [3.05, 3.63) is 29.3 Å². The molecule has 2 heterocycles. The van der Waals surface area contributed by atoms with Crippen molar-refractivity contribution in [2.45, 2.75) is 19.4 Å². The lowest BCUT2D eigenvalue weighted by atomic mass is 10.00. The van der Waals surface area contributed by atoms with Gasteiger partial charge in [0.25, 0.3) is 0 Å². The van der Waals surface area contributed by atoms with Crippen LogP contribution < -0.4 is 10.2 Å². The Balaban J connectivity index is 1.59. The van der Waals surface area contributed by atoms with E-state index in [4.69, 9.17) is 11.6 Å². The van der Waals surface area contributed by atoms with Crippen molar-refractivity contribution in [1.82, 2.24) is 10.2 Å². The van der Waals surface area contributed by atoms with Crippen LogP contribution in [0.1, 0.15) is 13.3 Å². The van der Waals surface area contributed by atoms with Gasteiger partial charge in [-0.1, -0.05) is 17.7 Å². The standard InChI is InChI=1S/C16H22ClN3O/c1-12-15(5-6-18-12)16(21)20-9-7-19(8-10-20)14-4-2-3-13(17)11-14/h2-4,11-12,15,18H,5-10H2,1H3. The highest BCUT2D eigenvalue weighted by atomic mass is 35.5. The molecule has 1 N–H and O–H groups in total. The van der Waals surface area contributed by atoms with Crippen molar-refractivity contribution in [3.8, 4) is 0 Å². The minimum absolute atomic E-state index is 0.155. The molecule has 0 spiro atoms. The molecule has 4 nitrogen and oxygen atoms in total. The number of rotatable bonds is 2. The highest BCUT2D eigenvalue weighted by Gasteiger charge is 2.33. The van der Waals surface area contributed by atoms with Gasteiger partial charge in [0.15, 0.2) is 0 Å². The molecule has 5 heteroatoms. The van der Waals surface area contributed by atoms with E-state index in [0.29, 0.717) is 11.9 Å². The second kappa shape index (κ2) is 6.24. The van der Waals surface area contributed by atoms with Gasteiger partial charge in [0.2, 0.25) is 5.91 Å². The quantitative estimate of drug-likeness (QED) is 0.907. The van der Waals surface area contributed by atoms with Crippen LogP contribution in [0.15, 0.2) is 24.3 Å². The molecule has 3 rings (SSSR count). The van der Waals surface area contributed by atoms with Gasteiger partial charge in [-0.15, -0.1) is 0 Å². The van der Waals surface area contributed by atoms with E-state index in [-0.39, 0.29) is 5.92 Å². The van der Waals surface area contributed by atoms with Gasteiger partial charge in [-0.05, 0) is 38.1 Å². The Kier molecular flexibility index (Phi) is 4.36. The summed E-state index contributed by atoms with van der Waals surface area (Å²) in [4.78, 5) is 16.9. The molecular formula is C16H22ClN3O. The highest BCUT2D eigenvalue weighted by Crippen LogP contribution is 2.23. The van der Waals surface area contributed by atoms with Crippen molar-refractivity contribution in [1.29, 1.82) is 0 Å². The second-order valence-electron chi connectivity index (χ2n) is 5.93. The molecule has 2 aliphatic rings. The fourth-order valence-corrected chi connectivity index (χ4v) is 3.47. The minimum Gasteiger partial charge on any atom is -0.368 e. The van der Waals surface area contributed by atoms with Gasteiger partial charge in [-0.2, -0.15) is 0 Å². The molecule has 2 saturated heterocycles. The number of hydrogen-bond donors (Lipinski definition) is 1. The minimum atomic E-state index is 0.155. The van der Waals surface area contributed by atoms with Gasteiger partial charge in [-0.3, -0.25) is 4.79 Å². The van der Waals surface area contributed by atoms with Gasteiger partial charge >= 0.3 is 0 Å². The van der Waals surface area contributed by atoms with Crippen LogP contribution in [-0.4, -0.2) is 49.6 Å². The third-order valence-electron chi connectivity index (χ3n) is 4.61. The maximum atomic E-state index is 12.6. The van der Waals surface area contributed by atoms with Crippen molar-refractivity contribution in [2.75, 3.05) is 37.6 Å². The lowest BCUT2D eigenvalue weighted by Gasteiger charge is -2.37. The summed E-state index contributed by atoms with van der Waals surface area (Å²) < 4.78 is 0. The third kappa shape index (κ3) is 3.16. The van der Waals surface area contributed by atoms with Crippen LogP contribution in [-0.2, 0) is 4.79 Å². The molecular weight excluding hydrogens is 286 g/mol. The number of nitrogens with zero attached hydrogens (tertiary/aromatic N) is 2. The van der Waals surface area contributed by atoms with Crippen LogP contribution in [0.3, 0.4) is 0 Å². The first-order chi connectivity index (χ1) is 10.1. The molecule has 2 aliphatic heterocycles. The van der Waals surface area contributed by atoms with E-state index in [1.54, 1.807) is 0 Å². The SMILES string of the molecule is CC1NCCC1C(=O)N1CCN(c2cccc(Cl)c2)CC1. The Labute approximate surface area is 131 Å². The van der Waals surface area contributed by atoms with E-state index in [1.807, 2.05) is 23.1 Å². The number of benzene rings is 1. The number of amides is 1. The molecule has 1 amide bonds. The van der Waals surface area contributed by atoms with E-state index in [9.17, 15) is 4.79 Å².